The topological polar surface area (TPSA) is 30.5 Å². The van der Waals surface area contributed by atoms with Gasteiger partial charge in [0.15, 0.2) is 11.5 Å². The third kappa shape index (κ3) is 3.57. The van der Waals surface area contributed by atoms with E-state index in [9.17, 15) is 0 Å². The first-order valence-electron chi connectivity index (χ1n) is 7.37. The zero-order chi connectivity index (χ0) is 14.7. The van der Waals surface area contributed by atoms with Crippen LogP contribution >= 0.6 is 11.3 Å². The van der Waals surface area contributed by atoms with Crippen molar-refractivity contribution in [2.24, 2.45) is 0 Å². The number of thiophene rings is 1. The molecule has 3 nitrogen and oxygen atoms in total. The Balaban J connectivity index is 1.47. The number of rotatable bonds is 6. The minimum Gasteiger partial charge on any atom is -0.454 e. The van der Waals surface area contributed by atoms with Gasteiger partial charge in [0.05, 0.1) is 0 Å². The first-order chi connectivity index (χ1) is 10.2. The predicted octanol–water partition coefficient (Wildman–Crippen LogP) is 3.90. The third-order valence-electron chi connectivity index (χ3n) is 3.88. The Kier molecular flexibility index (Phi) is 4.46. The lowest BCUT2D eigenvalue weighted by molar-refractivity contribution is 0.174. The predicted molar refractivity (Wildman–Crippen MR) is 86.2 cm³/mol. The van der Waals surface area contributed by atoms with Crippen LogP contribution in [0.3, 0.4) is 0 Å². The molecular formula is C17H21NO2S. The van der Waals surface area contributed by atoms with Crippen LogP contribution in [-0.2, 0) is 13.0 Å². The Morgan fingerprint density at radius 2 is 2.10 bits per heavy atom. The average Bonchev–Trinajstić information content (AvgIpc) is 3.11. The molecule has 0 fully saturated rings. The van der Waals surface area contributed by atoms with E-state index >= 15 is 0 Å². The van der Waals surface area contributed by atoms with Crippen LogP contribution in [0.15, 0.2) is 29.6 Å². The van der Waals surface area contributed by atoms with Gasteiger partial charge < -0.3 is 14.8 Å². The van der Waals surface area contributed by atoms with Crippen molar-refractivity contribution >= 4 is 11.3 Å². The van der Waals surface area contributed by atoms with Gasteiger partial charge in [0.25, 0.3) is 0 Å². The summed E-state index contributed by atoms with van der Waals surface area (Å²) >= 11 is 1.83. The van der Waals surface area contributed by atoms with E-state index in [1.807, 2.05) is 17.4 Å². The van der Waals surface area contributed by atoms with Crippen molar-refractivity contribution in [2.75, 3.05) is 6.79 Å². The maximum absolute atomic E-state index is 5.42. The zero-order valence-electron chi connectivity index (χ0n) is 12.5. The summed E-state index contributed by atoms with van der Waals surface area (Å²) in [7, 11) is 0. The van der Waals surface area contributed by atoms with Gasteiger partial charge in [-0.3, -0.25) is 0 Å². The molecule has 0 amide bonds. The molecular weight excluding hydrogens is 282 g/mol. The molecule has 1 aliphatic heterocycles. The molecule has 0 radical (unpaired) electrons. The van der Waals surface area contributed by atoms with Gasteiger partial charge in [0.1, 0.15) is 0 Å². The molecule has 0 aliphatic carbocycles. The van der Waals surface area contributed by atoms with E-state index in [2.05, 4.69) is 42.7 Å². The van der Waals surface area contributed by atoms with E-state index in [1.165, 1.54) is 16.0 Å². The second-order valence-corrected chi connectivity index (χ2v) is 6.54. The Morgan fingerprint density at radius 1 is 1.24 bits per heavy atom. The van der Waals surface area contributed by atoms with Gasteiger partial charge in [-0.15, -0.1) is 11.3 Å². The summed E-state index contributed by atoms with van der Waals surface area (Å²) in [6.07, 6.45) is 2.16. The number of hydrogen-bond donors (Lipinski definition) is 1. The van der Waals surface area contributed by atoms with Gasteiger partial charge in [-0.05, 0) is 61.4 Å². The van der Waals surface area contributed by atoms with Gasteiger partial charge in [-0.2, -0.15) is 0 Å². The van der Waals surface area contributed by atoms with E-state index < -0.39 is 0 Å². The molecule has 1 atom stereocenters. The van der Waals surface area contributed by atoms with Crippen LogP contribution < -0.4 is 14.8 Å². The molecule has 2 aromatic rings. The molecule has 0 saturated heterocycles. The third-order valence-corrected chi connectivity index (χ3v) is 4.91. The van der Waals surface area contributed by atoms with Crippen LogP contribution in [0.2, 0.25) is 0 Å². The van der Waals surface area contributed by atoms with Crippen molar-refractivity contribution in [1.82, 2.24) is 5.32 Å². The van der Waals surface area contributed by atoms with Crippen molar-refractivity contribution in [2.45, 2.75) is 39.3 Å². The zero-order valence-corrected chi connectivity index (χ0v) is 13.3. The largest absolute Gasteiger partial charge is 0.454 e. The van der Waals surface area contributed by atoms with Crippen molar-refractivity contribution in [3.05, 3.63) is 45.6 Å². The van der Waals surface area contributed by atoms with Crippen LogP contribution in [0.4, 0.5) is 0 Å². The number of nitrogens with one attached hydrogen (secondary N) is 1. The fourth-order valence-electron chi connectivity index (χ4n) is 2.43. The summed E-state index contributed by atoms with van der Waals surface area (Å²) in [5, 5.41) is 5.76. The van der Waals surface area contributed by atoms with Gasteiger partial charge in [-0.25, -0.2) is 0 Å². The number of ether oxygens (including phenoxy) is 2. The Hall–Kier alpha value is -1.52. The Morgan fingerprint density at radius 3 is 2.90 bits per heavy atom. The molecule has 4 heteroatoms. The summed E-state index contributed by atoms with van der Waals surface area (Å²) < 4.78 is 10.8. The average molecular weight is 303 g/mol. The molecule has 112 valence electrons. The van der Waals surface area contributed by atoms with Crippen LogP contribution in [0.1, 0.15) is 29.3 Å². The SMILES string of the molecule is Cc1ccsc1CNC(C)CCc1ccc2c(c1)OCO2. The maximum Gasteiger partial charge on any atom is 0.231 e. The Bertz CT molecular complexity index is 609. The first kappa shape index (κ1) is 14.4. The number of aryl methyl sites for hydroxylation is 2. The highest BCUT2D eigenvalue weighted by atomic mass is 32.1. The fourth-order valence-corrected chi connectivity index (χ4v) is 3.29. The molecule has 1 N–H and O–H groups in total. The van der Waals surface area contributed by atoms with Crippen LogP contribution in [-0.4, -0.2) is 12.8 Å². The quantitative estimate of drug-likeness (QED) is 0.878. The highest BCUT2D eigenvalue weighted by Gasteiger charge is 2.13. The van der Waals surface area contributed by atoms with Crippen LogP contribution in [0.5, 0.6) is 11.5 Å². The van der Waals surface area contributed by atoms with E-state index in [1.54, 1.807) is 0 Å². The van der Waals surface area contributed by atoms with E-state index in [-0.39, 0.29) is 0 Å². The lowest BCUT2D eigenvalue weighted by Crippen LogP contribution is -2.25. The molecule has 1 aromatic carbocycles. The summed E-state index contributed by atoms with van der Waals surface area (Å²) in [5.41, 5.74) is 2.69. The minimum atomic E-state index is 0.344. The molecule has 1 aliphatic rings. The van der Waals surface area contributed by atoms with Crippen molar-refractivity contribution in [3.63, 3.8) is 0 Å². The number of benzene rings is 1. The van der Waals surface area contributed by atoms with Crippen LogP contribution in [0, 0.1) is 6.92 Å². The second kappa shape index (κ2) is 6.50. The van der Waals surface area contributed by atoms with E-state index in [0.29, 0.717) is 12.8 Å². The lowest BCUT2D eigenvalue weighted by atomic mass is 10.1. The monoisotopic (exact) mass is 303 g/mol. The van der Waals surface area contributed by atoms with E-state index in [4.69, 9.17) is 9.47 Å². The van der Waals surface area contributed by atoms with Gasteiger partial charge in [-0.1, -0.05) is 6.07 Å². The number of hydrogen-bond acceptors (Lipinski definition) is 4. The van der Waals surface area contributed by atoms with Crippen LogP contribution in [0.25, 0.3) is 0 Å². The molecule has 3 rings (SSSR count). The maximum atomic E-state index is 5.42. The summed E-state index contributed by atoms with van der Waals surface area (Å²) in [5.74, 6) is 1.74. The van der Waals surface area contributed by atoms with Gasteiger partial charge in [0, 0.05) is 17.5 Å². The first-order valence-corrected chi connectivity index (χ1v) is 8.25. The van der Waals surface area contributed by atoms with Crippen molar-refractivity contribution < 1.29 is 9.47 Å². The summed E-state index contributed by atoms with van der Waals surface area (Å²) in [6, 6.07) is 8.91. The molecule has 21 heavy (non-hydrogen) atoms. The molecule has 1 unspecified atom stereocenters. The highest BCUT2D eigenvalue weighted by molar-refractivity contribution is 7.10. The molecule has 2 heterocycles. The normalized spacial score (nSPS) is 14.4. The highest BCUT2D eigenvalue weighted by Crippen LogP contribution is 2.32. The smallest absolute Gasteiger partial charge is 0.231 e. The minimum absolute atomic E-state index is 0.344. The molecule has 0 bridgehead atoms. The summed E-state index contributed by atoms with van der Waals surface area (Å²) in [6.45, 7) is 5.73. The van der Waals surface area contributed by atoms with Gasteiger partial charge >= 0.3 is 0 Å². The Labute approximate surface area is 129 Å². The van der Waals surface area contributed by atoms with Gasteiger partial charge in [0.2, 0.25) is 6.79 Å². The second-order valence-electron chi connectivity index (χ2n) is 5.54. The number of fused-ring (bicyclic) bond motifs is 1. The standard InChI is InChI=1S/C17H21NO2S/c1-12-7-8-21-17(12)10-18-13(2)3-4-14-5-6-15-16(9-14)20-11-19-15/h5-9,13,18H,3-4,10-11H2,1-2H3. The van der Waals surface area contributed by atoms with E-state index in [0.717, 1.165) is 30.9 Å². The fraction of sp³-hybridized carbons (Fsp3) is 0.412. The molecule has 0 saturated carbocycles. The van der Waals surface area contributed by atoms with Crippen molar-refractivity contribution in [1.29, 1.82) is 0 Å². The summed E-state index contributed by atoms with van der Waals surface area (Å²) in [4.78, 5) is 1.44. The lowest BCUT2D eigenvalue weighted by Gasteiger charge is -2.13. The molecule has 0 spiro atoms. The van der Waals surface area contributed by atoms with Crippen molar-refractivity contribution in [3.8, 4) is 11.5 Å². The molecule has 1 aromatic heterocycles.